The van der Waals surface area contributed by atoms with Crippen LogP contribution in [0.5, 0.6) is 0 Å². The zero-order valence-electron chi connectivity index (χ0n) is 10.5. The number of nitrogens with zero attached hydrogens (tertiary/aromatic N) is 2. The fourth-order valence-electron chi connectivity index (χ4n) is 1.74. The lowest BCUT2D eigenvalue weighted by Crippen LogP contribution is -2.21. The molecule has 0 aliphatic heterocycles. The van der Waals surface area contributed by atoms with Gasteiger partial charge in [-0.3, -0.25) is 4.79 Å². The van der Waals surface area contributed by atoms with E-state index in [4.69, 9.17) is 5.26 Å². The summed E-state index contributed by atoms with van der Waals surface area (Å²) >= 11 is 0. The van der Waals surface area contributed by atoms with Gasteiger partial charge in [0.2, 0.25) is 5.91 Å². The Morgan fingerprint density at radius 1 is 1.26 bits per heavy atom. The second-order valence-electron chi connectivity index (χ2n) is 4.13. The quantitative estimate of drug-likeness (QED) is 0.911. The van der Waals surface area contributed by atoms with E-state index in [1.165, 1.54) is 0 Å². The van der Waals surface area contributed by atoms with Gasteiger partial charge in [0.25, 0.3) is 0 Å². The van der Waals surface area contributed by atoms with Crippen LogP contribution in [0.2, 0.25) is 0 Å². The van der Waals surface area contributed by atoms with Crippen LogP contribution in [0.3, 0.4) is 0 Å². The molecule has 1 aromatic heterocycles. The molecule has 1 amide bonds. The van der Waals surface area contributed by atoms with Crippen molar-refractivity contribution < 1.29 is 4.79 Å². The number of rotatable bonds is 3. The predicted octanol–water partition coefficient (Wildman–Crippen LogP) is 2.64. The van der Waals surface area contributed by atoms with Gasteiger partial charge in [-0.25, -0.2) is 4.98 Å². The first kappa shape index (κ1) is 12.8. The topological polar surface area (TPSA) is 65.8 Å². The Morgan fingerprint density at radius 2 is 2.00 bits per heavy atom. The van der Waals surface area contributed by atoms with Crippen molar-refractivity contribution in [2.24, 2.45) is 0 Å². The van der Waals surface area contributed by atoms with E-state index in [0.29, 0.717) is 11.4 Å². The van der Waals surface area contributed by atoms with E-state index < -0.39 is 5.92 Å². The smallest absolute Gasteiger partial charge is 0.247 e. The van der Waals surface area contributed by atoms with Crippen LogP contribution in [-0.4, -0.2) is 10.9 Å². The highest BCUT2D eigenvalue weighted by molar-refractivity contribution is 5.97. The number of hydrogen-bond donors (Lipinski definition) is 1. The third kappa shape index (κ3) is 2.96. The number of aromatic nitrogens is 1. The first-order valence-corrected chi connectivity index (χ1v) is 5.89. The van der Waals surface area contributed by atoms with Gasteiger partial charge in [-0.05, 0) is 24.1 Å². The Morgan fingerprint density at radius 3 is 2.63 bits per heavy atom. The van der Waals surface area contributed by atoms with Crippen LogP contribution in [0.25, 0.3) is 0 Å². The fraction of sp³-hybridized carbons (Fsp3) is 0.133. The Kier molecular flexibility index (Phi) is 3.89. The predicted molar refractivity (Wildman–Crippen MR) is 72.4 cm³/mol. The van der Waals surface area contributed by atoms with E-state index in [1.54, 1.807) is 36.5 Å². The lowest BCUT2D eigenvalue weighted by Gasteiger charge is -2.11. The molecule has 4 nitrogen and oxygen atoms in total. The lowest BCUT2D eigenvalue weighted by atomic mass is 10.00. The van der Waals surface area contributed by atoms with Gasteiger partial charge in [-0.1, -0.05) is 36.4 Å². The summed E-state index contributed by atoms with van der Waals surface area (Å²) in [6.07, 6.45) is 1.60. The molecule has 1 atom stereocenters. The number of carbonyl (C=O) groups is 1. The Bertz CT molecular complexity index is 617. The van der Waals surface area contributed by atoms with Crippen molar-refractivity contribution in [3.63, 3.8) is 0 Å². The molecule has 2 rings (SSSR count). The molecule has 4 heteroatoms. The van der Waals surface area contributed by atoms with E-state index in [2.05, 4.69) is 10.3 Å². The largest absolute Gasteiger partial charge is 0.309 e. The molecular formula is C15H13N3O. The second-order valence-corrected chi connectivity index (χ2v) is 4.13. The average Bonchev–Trinajstić information content (AvgIpc) is 2.43. The SMILES string of the molecule is Cc1cccnc1NC(=O)C(C#N)c1ccccc1. The van der Waals surface area contributed by atoms with Crippen molar-refractivity contribution in [2.75, 3.05) is 5.32 Å². The molecule has 1 aromatic carbocycles. The summed E-state index contributed by atoms with van der Waals surface area (Å²) in [5.41, 5.74) is 1.54. The molecule has 0 aliphatic carbocycles. The first-order valence-electron chi connectivity index (χ1n) is 5.89. The number of aryl methyl sites for hydroxylation is 1. The minimum atomic E-state index is -0.831. The Balaban J connectivity index is 2.20. The monoisotopic (exact) mass is 251 g/mol. The standard InChI is InChI=1S/C15H13N3O/c1-11-6-5-9-17-14(11)18-15(19)13(10-16)12-7-3-2-4-8-12/h2-9,13H,1H3,(H,17,18,19). The highest BCUT2D eigenvalue weighted by Gasteiger charge is 2.20. The maximum atomic E-state index is 12.1. The number of amides is 1. The Hall–Kier alpha value is -2.67. The summed E-state index contributed by atoms with van der Waals surface area (Å²) in [5.74, 6) is -0.707. The van der Waals surface area contributed by atoms with Crippen molar-refractivity contribution in [3.05, 3.63) is 59.8 Å². The van der Waals surface area contributed by atoms with Crippen molar-refractivity contribution in [2.45, 2.75) is 12.8 Å². The van der Waals surface area contributed by atoms with Gasteiger partial charge < -0.3 is 5.32 Å². The molecule has 0 spiro atoms. The zero-order valence-corrected chi connectivity index (χ0v) is 10.5. The van der Waals surface area contributed by atoms with Gasteiger partial charge >= 0.3 is 0 Å². The van der Waals surface area contributed by atoms with Gasteiger partial charge in [-0.15, -0.1) is 0 Å². The molecule has 0 radical (unpaired) electrons. The molecule has 0 aliphatic rings. The van der Waals surface area contributed by atoms with Crippen molar-refractivity contribution >= 4 is 11.7 Å². The number of hydrogen-bond acceptors (Lipinski definition) is 3. The number of nitriles is 1. The molecule has 0 saturated heterocycles. The molecule has 1 N–H and O–H groups in total. The summed E-state index contributed by atoms with van der Waals surface area (Å²) in [7, 11) is 0. The maximum absolute atomic E-state index is 12.1. The third-order valence-corrected chi connectivity index (χ3v) is 2.78. The summed E-state index contributed by atoms with van der Waals surface area (Å²) in [5, 5.41) is 11.9. The number of carbonyl (C=O) groups excluding carboxylic acids is 1. The van der Waals surface area contributed by atoms with E-state index in [9.17, 15) is 4.79 Å². The van der Waals surface area contributed by atoms with Gasteiger partial charge in [-0.2, -0.15) is 5.26 Å². The molecule has 1 heterocycles. The van der Waals surface area contributed by atoms with Gasteiger partial charge in [0.15, 0.2) is 5.92 Å². The van der Waals surface area contributed by atoms with Crippen LogP contribution < -0.4 is 5.32 Å². The first-order chi connectivity index (χ1) is 9.22. The van der Waals surface area contributed by atoms with E-state index in [1.807, 2.05) is 25.1 Å². The number of nitrogens with one attached hydrogen (secondary N) is 1. The normalized spacial score (nSPS) is 11.4. The third-order valence-electron chi connectivity index (χ3n) is 2.78. The summed E-state index contributed by atoms with van der Waals surface area (Å²) in [4.78, 5) is 16.2. The minimum Gasteiger partial charge on any atom is -0.309 e. The van der Waals surface area contributed by atoms with Gasteiger partial charge in [0.05, 0.1) is 6.07 Å². The van der Waals surface area contributed by atoms with Crippen LogP contribution in [-0.2, 0) is 4.79 Å². The van der Waals surface area contributed by atoms with E-state index >= 15 is 0 Å². The fourth-order valence-corrected chi connectivity index (χ4v) is 1.74. The van der Waals surface area contributed by atoms with E-state index in [-0.39, 0.29) is 5.91 Å². The molecule has 19 heavy (non-hydrogen) atoms. The van der Waals surface area contributed by atoms with E-state index in [0.717, 1.165) is 5.56 Å². The molecule has 0 saturated carbocycles. The van der Waals surface area contributed by atoms with Crippen LogP contribution in [0, 0.1) is 18.3 Å². The van der Waals surface area contributed by atoms with Crippen LogP contribution in [0.1, 0.15) is 17.0 Å². The van der Waals surface area contributed by atoms with Crippen LogP contribution in [0.15, 0.2) is 48.7 Å². The maximum Gasteiger partial charge on any atom is 0.247 e. The van der Waals surface area contributed by atoms with Crippen molar-refractivity contribution in [1.82, 2.24) is 4.98 Å². The summed E-state index contributed by atoms with van der Waals surface area (Å²) < 4.78 is 0. The molecule has 2 aromatic rings. The number of benzene rings is 1. The Labute approximate surface area is 111 Å². The highest BCUT2D eigenvalue weighted by atomic mass is 16.1. The van der Waals surface area contributed by atoms with Crippen molar-refractivity contribution in [1.29, 1.82) is 5.26 Å². The highest BCUT2D eigenvalue weighted by Crippen LogP contribution is 2.18. The average molecular weight is 251 g/mol. The van der Waals surface area contributed by atoms with Crippen LogP contribution >= 0.6 is 0 Å². The molecule has 94 valence electrons. The number of pyridine rings is 1. The van der Waals surface area contributed by atoms with Gasteiger partial charge in [0, 0.05) is 6.20 Å². The van der Waals surface area contributed by atoms with Crippen LogP contribution in [0.4, 0.5) is 5.82 Å². The van der Waals surface area contributed by atoms with Gasteiger partial charge in [0.1, 0.15) is 5.82 Å². The zero-order chi connectivity index (χ0) is 13.7. The molecular weight excluding hydrogens is 238 g/mol. The lowest BCUT2D eigenvalue weighted by molar-refractivity contribution is -0.116. The summed E-state index contributed by atoms with van der Waals surface area (Å²) in [6.45, 7) is 1.85. The molecule has 1 unspecified atom stereocenters. The number of anilines is 1. The molecule has 0 fully saturated rings. The second kappa shape index (κ2) is 5.78. The summed E-state index contributed by atoms with van der Waals surface area (Å²) in [6, 6.07) is 14.6. The van der Waals surface area contributed by atoms with Crippen molar-refractivity contribution in [3.8, 4) is 6.07 Å². The minimum absolute atomic E-state index is 0.365. The molecule has 0 bridgehead atoms.